The van der Waals surface area contributed by atoms with E-state index < -0.39 is 17.7 Å². The summed E-state index contributed by atoms with van der Waals surface area (Å²) in [4.78, 5) is 15.6. The van der Waals surface area contributed by atoms with Crippen LogP contribution in [-0.4, -0.2) is 27.7 Å². The molecule has 1 unspecified atom stereocenters. The summed E-state index contributed by atoms with van der Waals surface area (Å²) in [5.74, 6) is -0.154. The van der Waals surface area contributed by atoms with Crippen molar-refractivity contribution in [3.05, 3.63) is 30.1 Å². The summed E-state index contributed by atoms with van der Waals surface area (Å²) in [5, 5.41) is 14.2. The molecule has 19 heavy (non-hydrogen) atoms. The lowest BCUT2D eigenvalue weighted by molar-refractivity contribution is 0.0516. The maximum Gasteiger partial charge on any atom is 0.408 e. The van der Waals surface area contributed by atoms with Crippen molar-refractivity contribution in [3.63, 3.8) is 0 Å². The first-order chi connectivity index (χ1) is 8.83. The molecule has 0 radical (unpaired) electrons. The average molecular weight is 266 g/mol. The Morgan fingerprint density at radius 3 is 2.74 bits per heavy atom. The number of pyridine rings is 1. The van der Waals surface area contributed by atoms with Crippen molar-refractivity contribution < 1.29 is 14.7 Å². The van der Waals surface area contributed by atoms with Crippen LogP contribution >= 0.6 is 0 Å². The van der Waals surface area contributed by atoms with E-state index in [0.29, 0.717) is 5.56 Å². The molecule has 104 valence electrons. The number of nitrogens with two attached hydrogens (primary N) is 1. The first kappa shape index (κ1) is 14.7. The number of amides is 1. The van der Waals surface area contributed by atoms with Crippen LogP contribution in [0.15, 0.2) is 29.7 Å². The van der Waals surface area contributed by atoms with Crippen LogP contribution in [0.2, 0.25) is 0 Å². The van der Waals surface area contributed by atoms with Crippen molar-refractivity contribution in [1.29, 1.82) is 0 Å². The number of oxime groups is 1. The van der Waals surface area contributed by atoms with Gasteiger partial charge < -0.3 is 21.0 Å². The third-order valence-electron chi connectivity index (χ3n) is 2.09. The van der Waals surface area contributed by atoms with Crippen molar-refractivity contribution in [1.82, 2.24) is 10.3 Å². The Hall–Kier alpha value is -2.31. The number of nitrogens with zero attached hydrogens (tertiary/aromatic N) is 2. The number of nitrogens with one attached hydrogen (secondary N) is 1. The number of rotatable bonds is 3. The lowest BCUT2D eigenvalue weighted by atomic mass is 10.1. The molecule has 0 bridgehead atoms. The van der Waals surface area contributed by atoms with Gasteiger partial charge in [-0.25, -0.2) is 4.79 Å². The SMILES string of the molecule is CC(C)(C)OC(=O)NC(/C(N)=N/O)c1cccnc1. The molecule has 7 nitrogen and oxygen atoms in total. The molecule has 0 aliphatic heterocycles. The molecule has 1 amide bonds. The van der Waals surface area contributed by atoms with Gasteiger partial charge in [-0.2, -0.15) is 0 Å². The van der Waals surface area contributed by atoms with Crippen LogP contribution in [-0.2, 0) is 4.74 Å². The molecular weight excluding hydrogens is 248 g/mol. The zero-order valence-electron chi connectivity index (χ0n) is 11.1. The van der Waals surface area contributed by atoms with Gasteiger partial charge in [0.05, 0.1) is 0 Å². The number of hydrogen-bond acceptors (Lipinski definition) is 5. The van der Waals surface area contributed by atoms with E-state index in [-0.39, 0.29) is 5.84 Å². The van der Waals surface area contributed by atoms with Gasteiger partial charge in [0, 0.05) is 18.0 Å². The first-order valence-corrected chi connectivity index (χ1v) is 5.70. The lowest BCUT2D eigenvalue weighted by Gasteiger charge is -2.23. The van der Waals surface area contributed by atoms with Crippen LogP contribution in [0.1, 0.15) is 32.4 Å². The van der Waals surface area contributed by atoms with Crippen molar-refractivity contribution in [2.45, 2.75) is 32.4 Å². The summed E-state index contributed by atoms with van der Waals surface area (Å²) in [6.45, 7) is 5.24. The quantitative estimate of drug-likeness (QED) is 0.331. The number of amidine groups is 1. The van der Waals surface area contributed by atoms with Gasteiger partial charge in [0.25, 0.3) is 0 Å². The molecule has 1 heterocycles. The van der Waals surface area contributed by atoms with Gasteiger partial charge in [0.1, 0.15) is 11.6 Å². The van der Waals surface area contributed by atoms with E-state index >= 15 is 0 Å². The summed E-state index contributed by atoms with van der Waals surface area (Å²) in [5.41, 5.74) is 5.52. The van der Waals surface area contributed by atoms with Gasteiger partial charge in [-0.05, 0) is 26.8 Å². The van der Waals surface area contributed by atoms with E-state index in [9.17, 15) is 4.79 Å². The van der Waals surface area contributed by atoms with Crippen molar-refractivity contribution in [2.75, 3.05) is 0 Å². The summed E-state index contributed by atoms with van der Waals surface area (Å²) < 4.78 is 5.12. The molecule has 1 rings (SSSR count). The summed E-state index contributed by atoms with van der Waals surface area (Å²) in [7, 11) is 0. The Labute approximate surface area is 111 Å². The maximum absolute atomic E-state index is 11.7. The molecule has 4 N–H and O–H groups in total. The number of carbonyl (C=O) groups is 1. The normalized spacial score (nSPS) is 13.7. The highest BCUT2D eigenvalue weighted by Crippen LogP contribution is 2.13. The standard InChI is InChI=1S/C12H18N4O3/c1-12(2,3)19-11(17)15-9(10(13)16-18)8-5-4-6-14-7-8/h4-7,9,18H,1-3H3,(H2,13,16)(H,15,17). The molecular formula is C12H18N4O3. The number of carbonyl (C=O) groups excluding carboxylic acids is 1. The topological polar surface area (TPSA) is 110 Å². The maximum atomic E-state index is 11.7. The molecule has 0 saturated heterocycles. The molecule has 1 atom stereocenters. The third kappa shape index (κ3) is 4.82. The zero-order chi connectivity index (χ0) is 14.5. The fraction of sp³-hybridized carbons (Fsp3) is 0.417. The summed E-state index contributed by atoms with van der Waals surface area (Å²) >= 11 is 0. The Balaban J connectivity index is 2.86. The highest BCUT2D eigenvalue weighted by atomic mass is 16.6. The second-order valence-corrected chi connectivity index (χ2v) is 4.89. The number of aromatic nitrogens is 1. The monoisotopic (exact) mass is 266 g/mol. The smallest absolute Gasteiger partial charge is 0.408 e. The average Bonchev–Trinajstić information content (AvgIpc) is 2.34. The second-order valence-electron chi connectivity index (χ2n) is 4.89. The van der Waals surface area contributed by atoms with Gasteiger partial charge in [0.15, 0.2) is 5.84 Å². The van der Waals surface area contributed by atoms with Crippen molar-refractivity contribution in [2.24, 2.45) is 10.9 Å². The summed E-state index contributed by atoms with van der Waals surface area (Å²) in [6.07, 6.45) is 2.44. The minimum absolute atomic E-state index is 0.154. The van der Waals surface area contributed by atoms with E-state index in [2.05, 4.69) is 15.5 Å². The second kappa shape index (κ2) is 6.03. The molecule has 0 saturated carbocycles. The fourth-order valence-corrected chi connectivity index (χ4v) is 1.36. The number of alkyl carbamates (subject to hydrolysis) is 1. The van der Waals surface area contributed by atoms with E-state index in [4.69, 9.17) is 15.7 Å². The van der Waals surface area contributed by atoms with Crippen molar-refractivity contribution in [3.8, 4) is 0 Å². The van der Waals surface area contributed by atoms with Crippen LogP contribution in [0.25, 0.3) is 0 Å². The molecule has 1 aromatic heterocycles. The van der Waals surface area contributed by atoms with Gasteiger partial charge >= 0.3 is 6.09 Å². The highest BCUT2D eigenvalue weighted by molar-refractivity contribution is 5.89. The van der Waals surface area contributed by atoms with Crippen LogP contribution in [0.3, 0.4) is 0 Å². The molecule has 0 aliphatic carbocycles. The Kier molecular flexibility index (Phi) is 4.68. The van der Waals surface area contributed by atoms with E-state index in [1.165, 1.54) is 6.20 Å². The van der Waals surface area contributed by atoms with Gasteiger partial charge in [-0.1, -0.05) is 11.2 Å². The van der Waals surface area contributed by atoms with E-state index in [0.717, 1.165) is 0 Å². The van der Waals surface area contributed by atoms with Crippen LogP contribution in [0.5, 0.6) is 0 Å². The zero-order valence-corrected chi connectivity index (χ0v) is 11.1. The van der Waals surface area contributed by atoms with E-state index in [1.807, 2.05) is 0 Å². The Bertz CT molecular complexity index is 454. The van der Waals surface area contributed by atoms with Crippen molar-refractivity contribution >= 4 is 11.9 Å². The van der Waals surface area contributed by atoms with Gasteiger partial charge in [-0.3, -0.25) is 4.98 Å². The van der Waals surface area contributed by atoms with Crippen LogP contribution in [0.4, 0.5) is 4.79 Å². The summed E-state index contributed by atoms with van der Waals surface area (Å²) in [6, 6.07) is 2.59. The minimum atomic E-state index is -0.798. The molecule has 0 spiro atoms. The van der Waals surface area contributed by atoms with Crippen LogP contribution < -0.4 is 11.1 Å². The van der Waals surface area contributed by atoms with Crippen LogP contribution in [0, 0.1) is 0 Å². The Morgan fingerprint density at radius 1 is 1.58 bits per heavy atom. The Morgan fingerprint density at radius 2 is 2.26 bits per heavy atom. The third-order valence-corrected chi connectivity index (χ3v) is 2.09. The number of hydrogen-bond donors (Lipinski definition) is 3. The predicted molar refractivity (Wildman–Crippen MR) is 69.8 cm³/mol. The predicted octanol–water partition coefficient (Wildman–Crippen LogP) is 1.39. The molecule has 7 heteroatoms. The highest BCUT2D eigenvalue weighted by Gasteiger charge is 2.23. The van der Waals surface area contributed by atoms with Gasteiger partial charge in [-0.15, -0.1) is 0 Å². The lowest BCUT2D eigenvalue weighted by Crippen LogP contribution is -2.40. The fourth-order valence-electron chi connectivity index (χ4n) is 1.36. The number of ether oxygens (including phenoxy) is 1. The molecule has 0 aromatic carbocycles. The van der Waals surface area contributed by atoms with E-state index in [1.54, 1.807) is 39.1 Å². The van der Waals surface area contributed by atoms with Gasteiger partial charge in [0.2, 0.25) is 0 Å². The molecule has 1 aromatic rings. The minimum Gasteiger partial charge on any atom is -0.444 e. The first-order valence-electron chi connectivity index (χ1n) is 5.70. The molecule has 0 aliphatic rings. The largest absolute Gasteiger partial charge is 0.444 e. The molecule has 0 fully saturated rings.